The normalized spacial score (nSPS) is 14.0. The number of carbonyl (C=O) groups is 2. The van der Waals surface area contributed by atoms with Crippen LogP contribution in [0, 0.1) is 0 Å². The predicted octanol–water partition coefficient (Wildman–Crippen LogP) is 4.09. The Hall–Kier alpha value is -3.20. The summed E-state index contributed by atoms with van der Waals surface area (Å²) in [6.07, 6.45) is 0.741. The number of thiophene rings is 1. The highest BCUT2D eigenvalue weighted by molar-refractivity contribution is 7.12. The minimum atomic E-state index is -0.172. The number of benzene rings is 2. The number of hydrogen-bond acceptors (Lipinski definition) is 6. The summed E-state index contributed by atoms with van der Waals surface area (Å²) in [6, 6.07) is 19.7. The van der Waals surface area contributed by atoms with Crippen molar-refractivity contribution in [3.05, 3.63) is 82.0 Å². The Morgan fingerprint density at radius 3 is 2.49 bits per heavy atom. The number of ether oxygens (including phenoxy) is 1. The van der Waals surface area contributed by atoms with Crippen LogP contribution < -0.4 is 15.5 Å². The fraction of sp³-hybridized carbons (Fsp3) is 0.333. The monoisotopic (exact) mass is 492 g/mol. The lowest BCUT2D eigenvalue weighted by Crippen LogP contribution is -2.46. The second-order valence-electron chi connectivity index (χ2n) is 8.51. The van der Waals surface area contributed by atoms with Crippen molar-refractivity contribution < 1.29 is 14.3 Å². The van der Waals surface area contributed by atoms with Crippen molar-refractivity contribution in [1.82, 2.24) is 10.2 Å². The molecule has 2 N–H and O–H groups in total. The van der Waals surface area contributed by atoms with Crippen molar-refractivity contribution in [2.24, 2.45) is 0 Å². The van der Waals surface area contributed by atoms with Crippen LogP contribution in [0.5, 0.6) is 0 Å². The maximum absolute atomic E-state index is 13.1. The topological polar surface area (TPSA) is 73.9 Å². The largest absolute Gasteiger partial charge is 0.385 e. The second kappa shape index (κ2) is 12.5. The zero-order valence-corrected chi connectivity index (χ0v) is 20.9. The Morgan fingerprint density at radius 2 is 1.77 bits per heavy atom. The molecule has 0 spiro atoms. The Morgan fingerprint density at radius 1 is 0.971 bits per heavy atom. The van der Waals surface area contributed by atoms with E-state index in [1.54, 1.807) is 19.2 Å². The Kier molecular flexibility index (Phi) is 8.89. The van der Waals surface area contributed by atoms with E-state index in [0.717, 1.165) is 44.8 Å². The third-order valence-electron chi connectivity index (χ3n) is 6.02. The highest BCUT2D eigenvalue weighted by atomic mass is 32.1. The van der Waals surface area contributed by atoms with Gasteiger partial charge in [-0.05, 0) is 41.6 Å². The van der Waals surface area contributed by atoms with Gasteiger partial charge in [0, 0.05) is 64.4 Å². The van der Waals surface area contributed by atoms with E-state index in [2.05, 4.69) is 44.7 Å². The minimum absolute atomic E-state index is 0.143. The van der Waals surface area contributed by atoms with E-state index in [9.17, 15) is 9.59 Å². The van der Waals surface area contributed by atoms with Crippen LogP contribution in [0.25, 0.3) is 0 Å². The van der Waals surface area contributed by atoms with E-state index in [1.807, 2.05) is 29.6 Å². The van der Waals surface area contributed by atoms with Gasteiger partial charge >= 0.3 is 0 Å². The summed E-state index contributed by atoms with van der Waals surface area (Å²) in [5, 5.41) is 7.79. The maximum atomic E-state index is 13.1. The molecule has 7 nitrogen and oxygen atoms in total. The number of rotatable bonds is 10. The third-order valence-corrected chi connectivity index (χ3v) is 6.89. The predicted molar refractivity (Wildman–Crippen MR) is 141 cm³/mol. The smallest absolute Gasteiger partial charge is 0.265 e. The summed E-state index contributed by atoms with van der Waals surface area (Å²) in [6.45, 7) is 5.54. The molecule has 0 radical (unpaired) electrons. The van der Waals surface area contributed by atoms with Gasteiger partial charge in [-0.2, -0.15) is 0 Å². The number of nitrogens with zero attached hydrogens (tertiary/aromatic N) is 2. The first kappa shape index (κ1) is 24.9. The highest BCUT2D eigenvalue weighted by Crippen LogP contribution is 2.27. The molecule has 1 fully saturated rings. The molecule has 0 aliphatic carbocycles. The summed E-state index contributed by atoms with van der Waals surface area (Å²) < 4.78 is 5.09. The fourth-order valence-corrected chi connectivity index (χ4v) is 4.79. The number of amides is 2. The zero-order chi connectivity index (χ0) is 24.5. The molecule has 8 heteroatoms. The first-order chi connectivity index (χ1) is 17.1. The molecular formula is C27H32N4O3S. The van der Waals surface area contributed by atoms with Crippen LogP contribution in [0.2, 0.25) is 0 Å². The van der Waals surface area contributed by atoms with Crippen molar-refractivity contribution in [3.63, 3.8) is 0 Å². The molecule has 0 atom stereocenters. The zero-order valence-electron chi connectivity index (χ0n) is 20.0. The first-order valence-electron chi connectivity index (χ1n) is 11.9. The number of hydrogen-bond donors (Lipinski definition) is 2. The van der Waals surface area contributed by atoms with E-state index >= 15 is 0 Å². The van der Waals surface area contributed by atoms with Crippen LogP contribution in [0.4, 0.5) is 11.4 Å². The molecule has 0 saturated carbocycles. The fourth-order valence-electron chi connectivity index (χ4n) is 4.17. The van der Waals surface area contributed by atoms with E-state index in [1.165, 1.54) is 16.9 Å². The molecule has 1 saturated heterocycles. The number of piperazine rings is 1. The van der Waals surface area contributed by atoms with Gasteiger partial charge in [-0.25, -0.2) is 0 Å². The summed E-state index contributed by atoms with van der Waals surface area (Å²) in [4.78, 5) is 31.0. The van der Waals surface area contributed by atoms with Gasteiger partial charge in [0.15, 0.2) is 0 Å². The molecule has 0 bridgehead atoms. The lowest BCUT2D eigenvalue weighted by molar-refractivity contribution is 0.0947. The molecule has 1 aliphatic heterocycles. The van der Waals surface area contributed by atoms with Gasteiger partial charge in [-0.3, -0.25) is 14.5 Å². The number of methoxy groups -OCH3 is 1. The first-order valence-corrected chi connectivity index (χ1v) is 12.8. The highest BCUT2D eigenvalue weighted by Gasteiger charge is 2.22. The van der Waals surface area contributed by atoms with Crippen molar-refractivity contribution in [1.29, 1.82) is 0 Å². The minimum Gasteiger partial charge on any atom is -0.385 e. The van der Waals surface area contributed by atoms with Crippen LogP contribution in [0.3, 0.4) is 0 Å². The Bertz CT molecular complexity index is 1100. The van der Waals surface area contributed by atoms with Gasteiger partial charge in [-0.15, -0.1) is 11.3 Å². The van der Waals surface area contributed by atoms with Crippen molar-refractivity contribution in [2.45, 2.75) is 13.0 Å². The number of carbonyl (C=O) groups excluding carboxylic acids is 2. The summed E-state index contributed by atoms with van der Waals surface area (Å²) in [7, 11) is 1.65. The lowest BCUT2D eigenvalue weighted by Gasteiger charge is -2.37. The Balaban J connectivity index is 1.46. The molecule has 3 aromatic rings. The molecule has 0 unspecified atom stereocenters. The van der Waals surface area contributed by atoms with E-state index in [-0.39, 0.29) is 11.8 Å². The molecule has 1 aromatic heterocycles. The van der Waals surface area contributed by atoms with Crippen molar-refractivity contribution in [3.8, 4) is 0 Å². The van der Waals surface area contributed by atoms with Crippen LogP contribution in [-0.4, -0.2) is 63.2 Å². The molecule has 2 aromatic carbocycles. The van der Waals surface area contributed by atoms with Gasteiger partial charge in [-0.1, -0.05) is 36.4 Å². The van der Waals surface area contributed by atoms with E-state index in [0.29, 0.717) is 29.3 Å². The van der Waals surface area contributed by atoms with Crippen LogP contribution in [-0.2, 0) is 11.3 Å². The third kappa shape index (κ3) is 6.91. The van der Waals surface area contributed by atoms with Gasteiger partial charge in [0.2, 0.25) is 0 Å². The average Bonchev–Trinajstić information content (AvgIpc) is 3.43. The van der Waals surface area contributed by atoms with E-state index < -0.39 is 0 Å². The lowest BCUT2D eigenvalue weighted by atomic mass is 10.1. The standard InChI is InChI=1S/C27H32N4O3S/c1-34-17-6-12-28-26(32)23-19-22(29-27(33)25-9-5-18-35-25)10-11-24(23)31-15-13-30(14-16-31)20-21-7-3-2-4-8-21/h2-5,7-11,18-19H,6,12-17,20H2,1H3,(H,28,32)(H,29,33). The molecule has 184 valence electrons. The maximum Gasteiger partial charge on any atom is 0.265 e. The number of anilines is 2. The van der Waals surface area contributed by atoms with Gasteiger partial charge < -0.3 is 20.3 Å². The number of nitrogens with one attached hydrogen (secondary N) is 2. The van der Waals surface area contributed by atoms with Gasteiger partial charge in [0.1, 0.15) is 0 Å². The van der Waals surface area contributed by atoms with Crippen molar-refractivity contribution in [2.75, 3.05) is 56.7 Å². The molecule has 2 heterocycles. The van der Waals surface area contributed by atoms with Crippen LogP contribution >= 0.6 is 11.3 Å². The van der Waals surface area contributed by atoms with Gasteiger partial charge in [0.05, 0.1) is 10.4 Å². The quantitative estimate of drug-likeness (QED) is 0.417. The second-order valence-corrected chi connectivity index (χ2v) is 9.46. The average molecular weight is 493 g/mol. The summed E-state index contributed by atoms with van der Waals surface area (Å²) in [5.41, 5.74) is 3.38. The Labute approximate surface area is 210 Å². The molecule has 2 amide bonds. The molecule has 35 heavy (non-hydrogen) atoms. The van der Waals surface area contributed by atoms with Crippen LogP contribution in [0.15, 0.2) is 66.0 Å². The molecule has 1 aliphatic rings. The van der Waals surface area contributed by atoms with Crippen molar-refractivity contribution >= 4 is 34.5 Å². The van der Waals surface area contributed by atoms with E-state index in [4.69, 9.17) is 4.74 Å². The summed E-state index contributed by atoms with van der Waals surface area (Å²) >= 11 is 1.39. The SMILES string of the molecule is COCCCNC(=O)c1cc(NC(=O)c2cccs2)ccc1N1CCN(Cc2ccccc2)CC1. The molecule has 4 rings (SSSR count). The summed E-state index contributed by atoms with van der Waals surface area (Å²) in [5.74, 6) is -0.316. The van der Waals surface area contributed by atoms with Gasteiger partial charge in [0.25, 0.3) is 11.8 Å². The molecular weight excluding hydrogens is 460 g/mol. The van der Waals surface area contributed by atoms with Crippen LogP contribution in [0.1, 0.15) is 32.0 Å².